The zero-order chi connectivity index (χ0) is 22.1. The quantitative estimate of drug-likeness (QED) is 0.548. The van der Waals surface area contributed by atoms with Crippen LogP contribution in [0, 0.1) is 10.8 Å². The van der Waals surface area contributed by atoms with Crippen molar-refractivity contribution in [2.75, 3.05) is 13.2 Å². The largest absolute Gasteiger partial charge is 0.508 e. The van der Waals surface area contributed by atoms with Crippen molar-refractivity contribution in [2.45, 2.75) is 40.5 Å². The van der Waals surface area contributed by atoms with Crippen molar-refractivity contribution in [3.05, 3.63) is 45.8 Å². The van der Waals surface area contributed by atoms with E-state index in [9.17, 15) is 15.0 Å². The molecule has 0 radical (unpaired) electrons. The van der Waals surface area contributed by atoms with E-state index in [0.29, 0.717) is 41.9 Å². The average molecular weight is 422 g/mol. The zero-order valence-corrected chi connectivity index (χ0v) is 18.2. The molecule has 31 heavy (non-hydrogen) atoms. The summed E-state index contributed by atoms with van der Waals surface area (Å²) in [6, 6.07) is 6.09. The van der Waals surface area contributed by atoms with E-state index < -0.39 is 5.63 Å². The minimum absolute atomic E-state index is 0.0547. The topological polar surface area (TPSA) is 89.1 Å². The van der Waals surface area contributed by atoms with E-state index in [1.165, 1.54) is 12.1 Å². The highest BCUT2D eigenvalue weighted by molar-refractivity contribution is 5.99. The molecule has 5 rings (SSSR count). The average Bonchev–Trinajstić information content (AvgIpc) is 2.68. The van der Waals surface area contributed by atoms with Gasteiger partial charge in [0.2, 0.25) is 0 Å². The number of hydrogen-bond acceptors (Lipinski definition) is 6. The first kappa shape index (κ1) is 19.8. The van der Waals surface area contributed by atoms with Crippen LogP contribution >= 0.6 is 0 Å². The van der Waals surface area contributed by atoms with Gasteiger partial charge < -0.3 is 24.1 Å². The van der Waals surface area contributed by atoms with Gasteiger partial charge in [-0.2, -0.15) is 0 Å². The van der Waals surface area contributed by atoms with Crippen LogP contribution in [0.25, 0.3) is 22.1 Å². The fourth-order valence-electron chi connectivity index (χ4n) is 4.62. The molecule has 2 aromatic carbocycles. The van der Waals surface area contributed by atoms with E-state index in [-0.39, 0.29) is 27.9 Å². The lowest BCUT2D eigenvalue weighted by Crippen LogP contribution is -2.33. The SMILES string of the molecule is CC1(C)COc2c(c3c(c4oc(=O)c(-c5ccc(O)cc5)c(O)c24)CC(C)(C)CO3)C1. The van der Waals surface area contributed by atoms with Gasteiger partial charge in [0.15, 0.2) is 5.58 Å². The minimum atomic E-state index is -0.641. The molecule has 6 nitrogen and oxygen atoms in total. The molecule has 3 heterocycles. The van der Waals surface area contributed by atoms with Crippen LogP contribution in [0.4, 0.5) is 0 Å². The number of phenolic OH excluding ortho intramolecular Hbond substituents is 1. The molecule has 0 spiro atoms. The van der Waals surface area contributed by atoms with Crippen LogP contribution in [0.5, 0.6) is 23.0 Å². The molecular formula is C25H26O6. The summed E-state index contributed by atoms with van der Waals surface area (Å²) in [5, 5.41) is 21.3. The molecule has 6 heteroatoms. The Morgan fingerprint density at radius 2 is 1.42 bits per heavy atom. The first-order valence-corrected chi connectivity index (χ1v) is 10.5. The molecule has 0 amide bonds. The van der Waals surface area contributed by atoms with Crippen LogP contribution in [0.3, 0.4) is 0 Å². The summed E-state index contributed by atoms with van der Waals surface area (Å²) in [6.45, 7) is 9.50. The molecule has 0 unspecified atom stereocenters. The summed E-state index contributed by atoms with van der Waals surface area (Å²) in [5.74, 6) is 1.15. The number of ether oxygens (including phenoxy) is 2. The number of benzene rings is 2. The van der Waals surface area contributed by atoms with E-state index in [0.717, 1.165) is 23.3 Å². The highest BCUT2D eigenvalue weighted by Gasteiger charge is 2.39. The van der Waals surface area contributed by atoms with Gasteiger partial charge in [-0.1, -0.05) is 39.8 Å². The molecule has 0 fully saturated rings. The molecule has 0 bridgehead atoms. The van der Waals surface area contributed by atoms with Crippen molar-refractivity contribution in [1.82, 2.24) is 0 Å². The number of fused-ring (bicyclic) bond motifs is 6. The predicted octanol–water partition coefficient (Wildman–Crippen LogP) is 4.79. The van der Waals surface area contributed by atoms with Crippen LogP contribution in [0.1, 0.15) is 38.8 Å². The minimum Gasteiger partial charge on any atom is -0.508 e. The second-order valence-electron chi connectivity index (χ2n) is 10.2. The zero-order valence-electron chi connectivity index (χ0n) is 18.2. The van der Waals surface area contributed by atoms with Crippen LogP contribution in [-0.4, -0.2) is 23.4 Å². The molecule has 0 saturated heterocycles. The molecule has 0 aliphatic carbocycles. The van der Waals surface area contributed by atoms with Gasteiger partial charge in [0.05, 0.1) is 13.2 Å². The number of hydrogen-bond donors (Lipinski definition) is 2. The lowest BCUT2D eigenvalue weighted by atomic mass is 9.78. The van der Waals surface area contributed by atoms with Crippen LogP contribution in [-0.2, 0) is 12.8 Å². The highest BCUT2D eigenvalue weighted by atomic mass is 16.5. The van der Waals surface area contributed by atoms with E-state index in [4.69, 9.17) is 13.9 Å². The molecular weight excluding hydrogens is 396 g/mol. The van der Waals surface area contributed by atoms with Gasteiger partial charge in [-0.25, -0.2) is 4.79 Å². The first-order chi connectivity index (χ1) is 14.6. The monoisotopic (exact) mass is 422 g/mol. The van der Waals surface area contributed by atoms with Crippen molar-refractivity contribution in [3.8, 4) is 34.1 Å². The van der Waals surface area contributed by atoms with Gasteiger partial charge in [-0.3, -0.25) is 0 Å². The van der Waals surface area contributed by atoms with Crippen molar-refractivity contribution in [1.29, 1.82) is 0 Å². The predicted molar refractivity (Wildman–Crippen MR) is 117 cm³/mol. The second-order valence-corrected chi connectivity index (χ2v) is 10.2. The van der Waals surface area contributed by atoms with Crippen LogP contribution < -0.4 is 15.1 Å². The Balaban J connectivity index is 1.87. The number of aromatic hydroxyl groups is 2. The summed E-state index contributed by atoms with van der Waals surface area (Å²) < 4.78 is 18.2. The molecule has 1 aromatic heterocycles. The molecule has 162 valence electrons. The fraction of sp³-hybridized carbons (Fsp3) is 0.400. The Morgan fingerprint density at radius 3 is 2.06 bits per heavy atom. The van der Waals surface area contributed by atoms with Crippen LogP contribution in [0.15, 0.2) is 33.5 Å². The number of rotatable bonds is 1. The van der Waals surface area contributed by atoms with Crippen LogP contribution in [0.2, 0.25) is 0 Å². The maximum atomic E-state index is 13.0. The van der Waals surface area contributed by atoms with Crippen molar-refractivity contribution >= 4 is 11.0 Å². The number of phenols is 1. The Labute approximate surface area is 180 Å². The first-order valence-electron chi connectivity index (χ1n) is 10.5. The normalized spacial score (nSPS) is 18.6. The highest BCUT2D eigenvalue weighted by Crippen LogP contribution is 2.53. The van der Waals surface area contributed by atoms with Crippen molar-refractivity contribution in [2.24, 2.45) is 10.8 Å². The third-order valence-electron chi connectivity index (χ3n) is 6.10. The van der Waals surface area contributed by atoms with Crippen molar-refractivity contribution in [3.63, 3.8) is 0 Å². The van der Waals surface area contributed by atoms with Crippen molar-refractivity contribution < 1.29 is 24.1 Å². The Bertz CT molecular complexity index is 1260. The lowest BCUT2D eigenvalue weighted by Gasteiger charge is -2.38. The Kier molecular flexibility index (Phi) is 4.10. The maximum Gasteiger partial charge on any atom is 0.347 e. The molecule has 2 N–H and O–H groups in total. The molecule has 0 saturated carbocycles. The fourth-order valence-corrected chi connectivity index (χ4v) is 4.62. The lowest BCUT2D eigenvalue weighted by molar-refractivity contribution is 0.133. The maximum absolute atomic E-state index is 13.0. The molecule has 0 atom stereocenters. The van der Waals surface area contributed by atoms with E-state index >= 15 is 0 Å². The second kappa shape index (κ2) is 6.42. The smallest absolute Gasteiger partial charge is 0.347 e. The Morgan fingerprint density at radius 1 is 0.839 bits per heavy atom. The molecule has 3 aromatic rings. The van der Waals surface area contributed by atoms with Gasteiger partial charge in [-0.05, 0) is 30.5 Å². The Hall–Kier alpha value is -3.15. The molecule has 2 aliphatic rings. The summed E-state index contributed by atoms with van der Waals surface area (Å²) >= 11 is 0. The summed E-state index contributed by atoms with van der Waals surface area (Å²) in [5.41, 5.74) is 1.69. The van der Waals surface area contributed by atoms with E-state index in [1.807, 2.05) is 0 Å². The third-order valence-corrected chi connectivity index (χ3v) is 6.10. The summed E-state index contributed by atoms with van der Waals surface area (Å²) in [7, 11) is 0. The van der Waals surface area contributed by atoms with Gasteiger partial charge in [-0.15, -0.1) is 0 Å². The summed E-state index contributed by atoms with van der Waals surface area (Å²) in [4.78, 5) is 13.0. The standard InChI is InChI=1S/C25H26O6/c1-24(2)9-15-20-16(10-25(3,4)11-29-20)22-18(21(15)30-12-24)19(27)17(23(28)31-22)13-5-7-14(26)8-6-13/h5-8,26-27H,9-12H2,1-4H3. The van der Waals surface area contributed by atoms with Gasteiger partial charge in [0.25, 0.3) is 0 Å². The van der Waals surface area contributed by atoms with E-state index in [1.54, 1.807) is 12.1 Å². The van der Waals surface area contributed by atoms with Gasteiger partial charge in [0, 0.05) is 22.0 Å². The van der Waals surface area contributed by atoms with E-state index in [2.05, 4.69) is 27.7 Å². The third kappa shape index (κ3) is 3.12. The van der Waals surface area contributed by atoms with Gasteiger partial charge in [0.1, 0.15) is 33.9 Å². The summed E-state index contributed by atoms with van der Waals surface area (Å²) in [6.07, 6.45) is 1.39. The van der Waals surface area contributed by atoms with Gasteiger partial charge >= 0.3 is 5.63 Å². The molecule has 2 aliphatic heterocycles.